The highest BCUT2D eigenvalue weighted by Crippen LogP contribution is 2.31. The molecule has 0 unspecified atom stereocenters. The summed E-state index contributed by atoms with van der Waals surface area (Å²) in [7, 11) is 1.61. The van der Waals surface area contributed by atoms with Crippen LogP contribution in [-0.4, -0.2) is 29.3 Å². The zero-order valence-corrected chi connectivity index (χ0v) is 16.7. The van der Waals surface area contributed by atoms with Crippen LogP contribution in [0.4, 0.5) is 0 Å². The van der Waals surface area contributed by atoms with E-state index in [1.165, 1.54) is 0 Å². The van der Waals surface area contributed by atoms with Gasteiger partial charge in [-0.2, -0.15) is 5.10 Å². The molecule has 0 saturated carbocycles. The molecule has 4 rings (SSSR count). The maximum Gasteiger partial charge on any atom is 0.255 e. The zero-order chi connectivity index (χ0) is 20.8. The van der Waals surface area contributed by atoms with Gasteiger partial charge in [0.1, 0.15) is 17.2 Å². The van der Waals surface area contributed by atoms with Gasteiger partial charge in [0.05, 0.1) is 25.5 Å². The summed E-state index contributed by atoms with van der Waals surface area (Å²) in [4.78, 5) is 13.0. The minimum absolute atomic E-state index is 0.179. The average molecular weight is 401 g/mol. The Morgan fingerprint density at radius 1 is 1.07 bits per heavy atom. The third-order valence-electron chi connectivity index (χ3n) is 4.79. The lowest BCUT2D eigenvalue weighted by molar-refractivity contribution is 0.0954. The number of benzene rings is 2. The lowest BCUT2D eigenvalue weighted by Crippen LogP contribution is -2.25. The van der Waals surface area contributed by atoms with E-state index < -0.39 is 0 Å². The molecule has 0 spiro atoms. The van der Waals surface area contributed by atoms with Crippen molar-refractivity contribution in [3.05, 3.63) is 96.1 Å². The summed E-state index contributed by atoms with van der Waals surface area (Å²) >= 11 is 0. The monoisotopic (exact) mass is 401 g/mol. The summed E-state index contributed by atoms with van der Waals surface area (Å²) < 4.78 is 12.6. The molecule has 0 bridgehead atoms. The minimum Gasteiger partial charge on any atom is -0.496 e. The number of amides is 1. The van der Waals surface area contributed by atoms with Gasteiger partial charge in [-0.05, 0) is 29.8 Å². The Kier molecular flexibility index (Phi) is 5.94. The number of methoxy groups -OCH3 is 1. The molecule has 0 fully saturated rings. The molecule has 0 aliphatic carbocycles. The summed E-state index contributed by atoms with van der Waals surface area (Å²) in [6.45, 7) is 1.05. The second-order valence-electron chi connectivity index (χ2n) is 6.86. The highest BCUT2D eigenvalue weighted by atomic mass is 16.5. The topological polar surface area (TPSA) is 69.3 Å². The van der Waals surface area contributed by atoms with E-state index in [1.54, 1.807) is 24.3 Å². The fourth-order valence-electron chi connectivity index (χ4n) is 3.33. The number of ether oxygens (including phenoxy) is 1. The number of hydrogen-bond donors (Lipinski definition) is 1. The van der Waals surface area contributed by atoms with Gasteiger partial charge in [0.25, 0.3) is 5.91 Å². The number of carbonyl (C=O) groups excluding carboxylic acids is 1. The summed E-state index contributed by atoms with van der Waals surface area (Å²) in [5, 5.41) is 7.69. The number of aromatic nitrogens is 2. The summed E-state index contributed by atoms with van der Waals surface area (Å²) in [6.07, 6.45) is 4.04. The van der Waals surface area contributed by atoms with Gasteiger partial charge in [-0.3, -0.25) is 9.48 Å². The summed E-state index contributed by atoms with van der Waals surface area (Å²) in [5.41, 5.74) is 2.99. The van der Waals surface area contributed by atoms with Crippen LogP contribution in [0.25, 0.3) is 11.3 Å². The van der Waals surface area contributed by atoms with Crippen LogP contribution >= 0.6 is 0 Å². The van der Waals surface area contributed by atoms with Crippen LogP contribution in [0.3, 0.4) is 0 Å². The zero-order valence-electron chi connectivity index (χ0n) is 16.7. The van der Waals surface area contributed by atoms with Gasteiger partial charge < -0.3 is 14.5 Å². The number of nitrogens with zero attached hydrogens (tertiary/aromatic N) is 2. The lowest BCUT2D eigenvalue weighted by Gasteiger charge is -2.08. The highest BCUT2D eigenvalue weighted by Gasteiger charge is 2.20. The van der Waals surface area contributed by atoms with Crippen LogP contribution in [-0.2, 0) is 13.0 Å². The van der Waals surface area contributed by atoms with E-state index in [9.17, 15) is 4.79 Å². The number of para-hydroxylation sites is 1. The molecule has 6 heteroatoms. The van der Waals surface area contributed by atoms with Crippen LogP contribution in [0.2, 0.25) is 0 Å². The van der Waals surface area contributed by atoms with Crippen LogP contribution in [0.1, 0.15) is 21.7 Å². The molecule has 30 heavy (non-hydrogen) atoms. The van der Waals surface area contributed by atoms with Crippen LogP contribution in [0, 0.1) is 0 Å². The molecule has 2 aromatic heterocycles. The predicted octanol–water partition coefficient (Wildman–Crippen LogP) is 4.17. The van der Waals surface area contributed by atoms with Crippen molar-refractivity contribution in [2.75, 3.05) is 13.7 Å². The van der Waals surface area contributed by atoms with E-state index in [1.807, 2.05) is 66.7 Å². The van der Waals surface area contributed by atoms with Crippen molar-refractivity contribution in [1.82, 2.24) is 15.1 Å². The first-order chi connectivity index (χ1) is 14.7. The number of furan rings is 1. The fourth-order valence-corrected chi connectivity index (χ4v) is 3.33. The Morgan fingerprint density at radius 2 is 1.87 bits per heavy atom. The Bertz CT molecular complexity index is 1100. The molecule has 0 saturated heterocycles. The molecule has 152 valence electrons. The second kappa shape index (κ2) is 9.13. The first-order valence-corrected chi connectivity index (χ1v) is 9.80. The van der Waals surface area contributed by atoms with Gasteiger partial charge in [0, 0.05) is 24.7 Å². The largest absolute Gasteiger partial charge is 0.496 e. The van der Waals surface area contributed by atoms with Crippen LogP contribution in [0.5, 0.6) is 5.75 Å². The molecule has 2 heterocycles. The van der Waals surface area contributed by atoms with Crippen molar-refractivity contribution in [1.29, 1.82) is 0 Å². The van der Waals surface area contributed by atoms with Gasteiger partial charge in [-0.15, -0.1) is 0 Å². The van der Waals surface area contributed by atoms with Crippen molar-refractivity contribution < 1.29 is 13.9 Å². The van der Waals surface area contributed by atoms with Gasteiger partial charge in [-0.25, -0.2) is 0 Å². The SMILES string of the molecule is COc1ccccc1-c1nn(Cc2ccccc2)cc1C(=O)NCCc1ccco1. The van der Waals surface area contributed by atoms with Crippen molar-refractivity contribution in [2.24, 2.45) is 0 Å². The Balaban J connectivity index is 1.61. The van der Waals surface area contributed by atoms with Crippen molar-refractivity contribution >= 4 is 5.91 Å². The Hall–Kier alpha value is -3.80. The van der Waals surface area contributed by atoms with Crippen LogP contribution < -0.4 is 10.1 Å². The summed E-state index contributed by atoms with van der Waals surface area (Å²) in [6, 6.07) is 21.3. The quantitative estimate of drug-likeness (QED) is 0.481. The number of rotatable bonds is 8. The molecule has 1 N–H and O–H groups in total. The number of hydrogen-bond acceptors (Lipinski definition) is 4. The van der Waals surface area contributed by atoms with Crippen molar-refractivity contribution in [2.45, 2.75) is 13.0 Å². The van der Waals surface area contributed by atoms with E-state index in [0.717, 1.165) is 16.9 Å². The number of nitrogens with one attached hydrogen (secondary N) is 1. The molecular weight excluding hydrogens is 378 g/mol. The molecule has 0 aliphatic rings. The maximum atomic E-state index is 13.0. The predicted molar refractivity (Wildman–Crippen MR) is 115 cm³/mol. The number of carbonyl (C=O) groups is 1. The van der Waals surface area contributed by atoms with Crippen molar-refractivity contribution in [3.63, 3.8) is 0 Å². The third kappa shape index (κ3) is 4.43. The van der Waals surface area contributed by atoms with E-state index in [-0.39, 0.29) is 5.91 Å². The van der Waals surface area contributed by atoms with Gasteiger partial charge in [0.15, 0.2) is 0 Å². The van der Waals surface area contributed by atoms with Crippen molar-refractivity contribution in [3.8, 4) is 17.0 Å². The van der Waals surface area contributed by atoms with Gasteiger partial charge >= 0.3 is 0 Å². The third-order valence-corrected chi connectivity index (χ3v) is 4.79. The highest BCUT2D eigenvalue weighted by molar-refractivity contribution is 6.00. The van der Waals surface area contributed by atoms with E-state index >= 15 is 0 Å². The van der Waals surface area contributed by atoms with Gasteiger partial charge in [0.2, 0.25) is 0 Å². The Morgan fingerprint density at radius 3 is 2.63 bits per heavy atom. The lowest BCUT2D eigenvalue weighted by atomic mass is 10.1. The fraction of sp³-hybridized carbons (Fsp3) is 0.167. The molecule has 1 amide bonds. The molecule has 4 aromatic rings. The Labute approximate surface area is 175 Å². The minimum atomic E-state index is -0.179. The first-order valence-electron chi connectivity index (χ1n) is 9.80. The van der Waals surface area contributed by atoms with E-state index in [2.05, 4.69) is 5.32 Å². The standard InChI is InChI=1S/C24H23N3O3/c1-29-22-12-6-5-11-20(22)23-21(24(28)25-14-13-19-10-7-15-30-19)17-27(26-23)16-18-8-3-2-4-9-18/h2-12,15,17H,13-14,16H2,1H3,(H,25,28). The normalized spacial score (nSPS) is 10.7. The average Bonchev–Trinajstić information content (AvgIpc) is 3.44. The van der Waals surface area contributed by atoms with E-state index in [4.69, 9.17) is 14.3 Å². The smallest absolute Gasteiger partial charge is 0.255 e. The molecular formula is C24H23N3O3. The summed E-state index contributed by atoms with van der Waals surface area (Å²) in [5.74, 6) is 1.33. The van der Waals surface area contributed by atoms with E-state index in [0.29, 0.717) is 36.5 Å². The molecule has 2 aromatic carbocycles. The van der Waals surface area contributed by atoms with Gasteiger partial charge in [-0.1, -0.05) is 42.5 Å². The first kappa shape index (κ1) is 19.5. The maximum absolute atomic E-state index is 13.0. The second-order valence-corrected chi connectivity index (χ2v) is 6.86. The molecule has 0 atom stereocenters. The molecule has 6 nitrogen and oxygen atoms in total. The molecule has 0 aliphatic heterocycles. The molecule has 0 radical (unpaired) electrons. The van der Waals surface area contributed by atoms with Crippen LogP contribution in [0.15, 0.2) is 83.6 Å².